The average Bonchev–Trinajstić information content (AvgIpc) is 3.05. The molecule has 1 aromatic rings. The minimum Gasteiger partial charge on any atom is -0.347 e. The molecular formula is C17H29N3OS. The fourth-order valence-electron chi connectivity index (χ4n) is 3.01. The first-order valence-corrected chi connectivity index (χ1v) is 8.87. The van der Waals surface area contributed by atoms with Crippen LogP contribution in [-0.2, 0) is 4.79 Å². The standard InChI is InChI=1S/C17H29N3OS/c1-16(2,3)15(13-6-5-9-22-13)19-14(21)10-20-8-7-17(4,11-18)12-20/h5-6,9,15H,7-8,10-12,18H2,1-4H3,(H,19,21). The van der Waals surface area contributed by atoms with Gasteiger partial charge in [0, 0.05) is 11.4 Å². The molecule has 0 spiro atoms. The van der Waals surface area contributed by atoms with Crippen LogP contribution < -0.4 is 11.1 Å². The van der Waals surface area contributed by atoms with E-state index in [1.54, 1.807) is 11.3 Å². The number of hydrogen-bond donors (Lipinski definition) is 2. The maximum Gasteiger partial charge on any atom is 0.234 e. The zero-order valence-corrected chi connectivity index (χ0v) is 15.0. The van der Waals surface area contributed by atoms with Crippen molar-refractivity contribution in [2.45, 2.75) is 40.2 Å². The van der Waals surface area contributed by atoms with Crippen LogP contribution in [-0.4, -0.2) is 37.0 Å². The van der Waals surface area contributed by atoms with Crippen LogP contribution in [0.5, 0.6) is 0 Å². The van der Waals surface area contributed by atoms with Gasteiger partial charge < -0.3 is 11.1 Å². The molecule has 1 amide bonds. The van der Waals surface area contributed by atoms with E-state index in [1.807, 2.05) is 6.07 Å². The lowest BCUT2D eigenvalue weighted by Gasteiger charge is -2.31. The summed E-state index contributed by atoms with van der Waals surface area (Å²) < 4.78 is 0. The van der Waals surface area contributed by atoms with Crippen LogP contribution in [0.4, 0.5) is 0 Å². The molecule has 0 saturated carbocycles. The third kappa shape index (κ3) is 4.31. The Kier molecular flexibility index (Phi) is 5.30. The van der Waals surface area contributed by atoms with Crippen molar-refractivity contribution in [2.24, 2.45) is 16.6 Å². The first-order chi connectivity index (χ1) is 10.2. The number of carbonyl (C=O) groups is 1. The largest absolute Gasteiger partial charge is 0.347 e. The number of nitrogens with two attached hydrogens (primary N) is 1. The predicted octanol–water partition coefficient (Wildman–Crippen LogP) is 2.62. The molecule has 1 aliphatic heterocycles. The second kappa shape index (κ2) is 6.69. The van der Waals surface area contributed by atoms with Crippen molar-refractivity contribution in [3.8, 4) is 0 Å². The third-order valence-electron chi connectivity index (χ3n) is 4.50. The van der Waals surface area contributed by atoms with Crippen LogP contribution in [0.25, 0.3) is 0 Å². The molecular weight excluding hydrogens is 294 g/mol. The third-order valence-corrected chi connectivity index (χ3v) is 5.43. The summed E-state index contributed by atoms with van der Waals surface area (Å²) in [6, 6.07) is 4.20. The Balaban J connectivity index is 1.95. The topological polar surface area (TPSA) is 58.4 Å². The molecule has 0 radical (unpaired) electrons. The van der Waals surface area contributed by atoms with Crippen molar-refractivity contribution in [1.29, 1.82) is 0 Å². The minimum atomic E-state index is -0.00268. The highest BCUT2D eigenvalue weighted by atomic mass is 32.1. The first kappa shape index (κ1) is 17.4. The molecule has 22 heavy (non-hydrogen) atoms. The Morgan fingerprint density at radius 3 is 2.77 bits per heavy atom. The summed E-state index contributed by atoms with van der Waals surface area (Å²) in [5.74, 6) is 0.106. The molecule has 1 saturated heterocycles. The van der Waals surface area contributed by atoms with E-state index in [9.17, 15) is 4.79 Å². The van der Waals surface area contributed by atoms with E-state index in [1.165, 1.54) is 4.88 Å². The molecule has 5 heteroatoms. The van der Waals surface area contributed by atoms with Gasteiger partial charge in [0.15, 0.2) is 0 Å². The molecule has 2 rings (SSSR count). The summed E-state index contributed by atoms with van der Waals surface area (Å²) in [4.78, 5) is 15.9. The summed E-state index contributed by atoms with van der Waals surface area (Å²) in [7, 11) is 0. The van der Waals surface area contributed by atoms with Crippen LogP contribution >= 0.6 is 11.3 Å². The Morgan fingerprint density at radius 1 is 1.55 bits per heavy atom. The van der Waals surface area contributed by atoms with Gasteiger partial charge in [-0.2, -0.15) is 0 Å². The van der Waals surface area contributed by atoms with Crippen molar-refractivity contribution in [2.75, 3.05) is 26.2 Å². The maximum absolute atomic E-state index is 12.5. The van der Waals surface area contributed by atoms with E-state index in [2.05, 4.69) is 49.4 Å². The second-order valence-corrected chi connectivity index (χ2v) is 8.84. The van der Waals surface area contributed by atoms with E-state index < -0.39 is 0 Å². The van der Waals surface area contributed by atoms with Gasteiger partial charge in [-0.25, -0.2) is 0 Å². The lowest BCUT2D eigenvalue weighted by atomic mass is 9.85. The van der Waals surface area contributed by atoms with Gasteiger partial charge in [0.1, 0.15) is 0 Å². The van der Waals surface area contributed by atoms with Crippen LogP contribution in [0.3, 0.4) is 0 Å². The summed E-state index contributed by atoms with van der Waals surface area (Å²) in [6.45, 7) is 11.7. The summed E-state index contributed by atoms with van der Waals surface area (Å²) >= 11 is 1.70. The van der Waals surface area contributed by atoms with E-state index in [4.69, 9.17) is 5.73 Å². The fraction of sp³-hybridized carbons (Fsp3) is 0.706. The van der Waals surface area contributed by atoms with E-state index >= 15 is 0 Å². The van der Waals surface area contributed by atoms with Crippen molar-refractivity contribution >= 4 is 17.2 Å². The van der Waals surface area contributed by atoms with Crippen LogP contribution in [0.15, 0.2) is 17.5 Å². The van der Waals surface area contributed by atoms with Gasteiger partial charge in [-0.05, 0) is 41.8 Å². The van der Waals surface area contributed by atoms with Crippen molar-refractivity contribution in [1.82, 2.24) is 10.2 Å². The number of amides is 1. The van der Waals surface area contributed by atoms with Gasteiger partial charge in [0.2, 0.25) is 5.91 Å². The maximum atomic E-state index is 12.5. The first-order valence-electron chi connectivity index (χ1n) is 7.99. The highest BCUT2D eigenvalue weighted by Gasteiger charge is 2.34. The summed E-state index contributed by atoms with van der Waals surface area (Å²) in [6.07, 6.45) is 1.07. The zero-order valence-electron chi connectivity index (χ0n) is 14.2. The Morgan fingerprint density at radius 2 is 2.27 bits per heavy atom. The highest BCUT2D eigenvalue weighted by molar-refractivity contribution is 7.10. The summed E-state index contributed by atoms with van der Waals surface area (Å²) in [5.41, 5.74) is 6.00. The van der Waals surface area contributed by atoms with Gasteiger partial charge >= 0.3 is 0 Å². The highest BCUT2D eigenvalue weighted by Crippen LogP contribution is 2.35. The van der Waals surface area contributed by atoms with E-state index in [0.717, 1.165) is 19.5 Å². The number of nitrogens with one attached hydrogen (secondary N) is 1. The molecule has 0 aromatic carbocycles. The Bertz CT molecular complexity index is 495. The average molecular weight is 324 g/mol. The number of carbonyl (C=O) groups excluding carboxylic acids is 1. The Labute approximate surface area is 138 Å². The molecule has 1 aromatic heterocycles. The van der Waals surface area contributed by atoms with E-state index in [-0.39, 0.29) is 22.8 Å². The number of likely N-dealkylation sites (tertiary alicyclic amines) is 1. The molecule has 1 aliphatic rings. The monoisotopic (exact) mass is 323 g/mol. The second-order valence-electron chi connectivity index (χ2n) is 7.86. The van der Waals surface area contributed by atoms with Crippen LogP contribution in [0.2, 0.25) is 0 Å². The molecule has 0 bridgehead atoms. The lowest BCUT2D eigenvalue weighted by molar-refractivity contribution is -0.123. The molecule has 2 atom stereocenters. The molecule has 3 N–H and O–H groups in total. The molecule has 1 fully saturated rings. The molecule has 2 heterocycles. The van der Waals surface area contributed by atoms with E-state index in [0.29, 0.717) is 13.1 Å². The van der Waals surface area contributed by atoms with Gasteiger partial charge in [0.25, 0.3) is 0 Å². The number of rotatable bonds is 5. The van der Waals surface area contributed by atoms with Gasteiger partial charge in [-0.15, -0.1) is 11.3 Å². The SMILES string of the molecule is CC1(CN)CCN(CC(=O)NC(c2cccs2)C(C)(C)C)C1. The summed E-state index contributed by atoms with van der Waals surface area (Å²) in [5, 5.41) is 5.29. The smallest absolute Gasteiger partial charge is 0.234 e. The van der Waals surface area contributed by atoms with Crippen LogP contribution in [0, 0.1) is 10.8 Å². The number of thiophene rings is 1. The fourth-order valence-corrected chi connectivity index (χ4v) is 4.03. The normalized spacial score (nSPS) is 24.4. The molecule has 124 valence electrons. The van der Waals surface area contributed by atoms with Gasteiger partial charge in [-0.1, -0.05) is 33.8 Å². The predicted molar refractivity (Wildman–Crippen MR) is 92.9 cm³/mol. The Hall–Kier alpha value is -0.910. The van der Waals surface area contributed by atoms with Gasteiger partial charge in [-0.3, -0.25) is 9.69 Å². The van der Waals surface area contributed by atoms with Gasteiger partial charge in [0.05, 0.1) is 12.6 Å². The molecule has 4 nitrogen and oxygen atoms in total. The van der Waals surface area contributed by atoms with Crippen molar-refractivity contribution < 1.29 is 4.79 Å². The molecule has 0 aliphatic carbocycles. The zero-order chi connectivity index (χ0) is 16.4. The van der Waals surface area contributed by atoms with Crippen molar-refractivity contribution in [3.63, 3.8) is 0 Å². The van der Waals surface area contributed by atoms with Crippen LogP contribution in [0.1, 0.15) is 45.0 Å². The molecule has 2 unspecified atom stereocenters. The quantitative estimate of drug-likeness (QED) is 0.876. The number of hydrogen-bond acceptors (Lipinski definition) is 4. The minimum absolute atomic E-state index is 0.00268. The van der Waals surface area contributed by atoms with Crippen molar-refractivity contribution in [3.05, 3.63) is 22.4 Å². The number of nitrogens with zero attached hydrogens (tertiary/aromatic N) is 1. The lowest BCUT2D eigenvalue weighted by Crippen LogP contribution is -2.42.